The summed E-state index contributed by atoms with van der Waals surface area (Å²) in [5.74, 6) is -3.59. The maximum atomic E-state index is 12.2. The van der Waals surface area contributed by atoms with Gasteiger partial charge in [-0.1, -0.05) is 13.8 Å². The predicted octanol–water partition coefficient (Wildman–Crippen LogP) is -2.25. The van der Waals surface area contributed by atoms with E-state index in [0.29, 0.717) is 6.42 Å². The van der Waals surface area contributed by atoms with Crippen LogP contribution in [0.3, 0.4) is 0 Å². The standard InChI is InChI=1S/C15H28N4O6S2/c1-7(2)3-8(16)12(21)17-9(4-20)13(22)18-10(5-26)14(23)19-11(6-27)15(24)25/h7-11,20,26-27H,3-6,16H2,1-2H3,(H,17,21)(H,18,22)(H,19,23)(H,24,25). The van der Waals surface area contributed by atoms with Crippen molar-refractivity contribution in [1.82, 2.24) is 16.0 Å². The fourth-order valence-electron chi connectivity index (χ4n) is 2.01. The second-order valence-electron chi connectivity index (χ2n) is 6.31. The van der Waals surface area contributed by atoms with Crippen LogP contribution in [-0.2, 0) is 19.2 Å². The van der Waals surface area contributed by atoms with Crippen LogP contribution in [0.25, 0.3) is 0 Å². The molecule has 0 saturated carbocycles. The van der Waals surface area contributed by atoms with E-state index in [0.717, 1.165) is 0 Å². The number of carbonyl (C=O) groups is 4. The summed E-state index contributed by atoms with van der Waals surface area (Å²) in [7, 11) is 0. The monoisotopic (exact) mass is 424 g/mol. The van der Waals surface area contributed by atoms with Gasteiger partial charge in [-0.2, -0.15) is 25.3 Å². The lowest BCUT2D eigenvalue weighted by molar-refractivity contribution is -0.141. The van der Waals surface area contributed by atoms with Crippen LogP contribution < -0.4 is 21.7 Å². The number of nitrogens with two attached hydrogens (primary N) is 1. The van der Waals surface area contributed by atoms with Crippen LogP contribution in [0.5, 0.6) is 0 Å². The average Bonchev–Trinajstić information content (AvgIpc) is 2.60. The summed E-state index contributed by atoms with van der Waals surface area (Å²) in [6, 6.07) is -4.56. The molecule has 0 fully saturated rings. The summed E-state index contributed by atoms with van der Waals surface area (Å²) in [5.41, 5.74) is 5.73. The van der Waals surface area contributed by atoms with Gasteiger partial charge >= 0.3 is 5.97 Å². The van der Waals surface area contributed by atoms with Gasteiger partial charge in [0.05, 0.1) is 12.6 Å². The maximum Gasteiger partial charge on any atom is 0.327 e. The smallest absolute Gasteiger partial charge is 0.327 e. The average molecular weight is 425 g/mol. The van der Waals surface area contributed by atoms with Gasteiger partial charge in [0, 0.05) is 11.5 Å². The first kappa shape index (κ1) is 25.5. The fourth-order valence-corrected chi connectivity index (χ4v) is 2.52. The molecule has 7 N–H and O–H groups in total. The Labute approximate surface area is 168 Å². The Bertz CT molecular complexity index is 534. The summed E-state index contributed by atoms with van der Waals surface area (Å²) in [4.78, 5) is 47.3. The van der Waals surface area contributed by atoms with Crippen LogP contribution in [0, 0.1) is 5.92 Å². The Kier molecular flexibility index (Phi) is 12.1. The highest BCUT2D eigenvalue weighted by atomic mass is 32.1. The van der Waals surface area contributed by atoms with Crippen LogP contribution in [0.15, 0.2) is 0 Å². The van der Waals surface area contributed by atoms with Crippen molar-refractivity contribution in [2.24, 2.45) is 11.7 Å². The Hall–Kier alpha value is -1.50. The van der Waals surface area contributed by atoms with E-state index in [1.807, 2.05) is 13.8 Å². The first-order valence-corrected chi connectivity index (χ1v) is 9.55. The van der Waals surface area contributed by atoms with Gasteiger partial charge in [-0.05, 0) is 12.3 Å². The minimum atomic E-state index is -1.31. The van der Waals surface area contributed by atoms with E-state index in [4.69, 9.17) is 10.8 Å². The van der Waals surface area contributed by atoms with Crippen molar-refractivity contribution in [3.05, 3.63) is 0 Å². The minimum absolute atomic E-state index is 0.130. The van der Waals surface area contributed by atoms with Crippen molar-refractivity contribution in [2.75, 3.05) is 18.1 Å². The number of hydrogen-bond donors (Lipinski definition) is 8. The van der Waals surface area contributed by atoms with Gasteiger partial charge < -0.3 is 31.9 Å². The molecule has 0 aromatic rings. The number of carboxylic acids is 1. The largest absolute Gasteiger partial charge is 0.480 e. The van der Waals surface area contributed by atoms with Crippen molar-refractivity contribution >= 4 is 48.9 Å². The molecule has 12 heteroatoms. The fraction of sp³-hybridized carbons (Fsp3) is 0.733. The highest BCUT2D eigenvalue weighted by molar-refractivity contribution is 7.80. The van der Waals surface area contributed by atoms with Crippen molar-refractivity contribution in [2.45, 2.75) is 44.4 Å². The SMILES string of the molecule is CC(C)CC(N)C(=O)NC(CO)C(=O)NC(CS)C(=O)NC(CS)C(=O)O. The molecule has 0 aliphatic carbocycles. The zero-order valence-corrected chi connectivity index (χ0v) is 17.0. The molecule has 0 bridgehead atoms. The number of hydrogen-bond acceptors (Lipinski definition) is 8. The highest BCUT2D eigenvalue weighted by Gasteiger charge is 2.29. The van der Waals surface area contributed by atoms with Gasteiger partial charge in [0.15, 0.2) is 0 Å². The Morgan fingerprint density at radius 2 is 1.33 bits per heavy atom. The second-order valence-corrected chi connectivity index (χ2v) is 7.04. The zero-order valence-electron chi connectivity index (χ0n) is 15.2. The number of aliphatic hydroxyl groups is 1. The normalized spacial score (nSPS) is 15.4. The van der Waals surface area contributed by atoms with E-state index in [1.165, 1.54) is 0 Å². The van der Waals surface area contributed by atoms with Crippen molar-refractivity contribution in [3.63, 3.8) is 0 Å². The van der Waals surface area contributed by atoms with E-state index in [1.54, 1.807) is 0 Å². The Morgan fingerprint density at radius 3 is 1.74 bits per heavy atom. The predicted molar refractivity (Wildman–Crippen MR) is 106 cm³/mol. The molecule has 0 saturated heterocycles. The van der Waals surface area contributed by atoms with Gasteiger partial charge in [0.25, 0.3) is 0 Å². The molecule has 27 heavy (non-hydrogen) atoms. The van der Waals surface area contributed by atoms with Gasteiger partial charge in [-0.15, -0.1) is 0 Å². The molecule has 0 heterocycles. The number of aliphatic hydroxyl groups excluding tert-OH is 1. The third-order valence-electron chi connectivity index (χ3n) is 3.49. The molecule has 10 nitrogen and oxygen atoms in total. The first-order chi connectivity index (χ1) is 12.6. The second kappa shape index (κ2) is 12.8. The van der Waals surface area contributed by atoms with Crippen LogP contribution in [-0.4, -0.2) is 76.2 Å². The number of carbonyl (C=O) groups excluding carboxylic acids is 3. The number of aliphatic carboxylic acids is 1. The molecule has 0 aliphatic heterocycles. The van der Waals surface area contributed by atoms with E-state index in [-0.39, 0.29) is 17.4 Å². The van der Waals surface area contributed by atoms with E-state index >= 15 is 0 Å². The van der Waals surface area contributed by atoms with E-state index < -0.39 is 54.5 Å². The lowest BCUT2D eigenvalue weighted by Gasteiger charge is -2.23. The van der Waals surface area contributed by atoms with Crippen LogP contribution >= 0.6 is 25.3 Å². The van der Waals surface area contributed by atoms with Crippen LogP contribution in [0.1, 0.15) is 20.3 Å². The molecule has 0 aromatic heterocycles. The van der Waals surface area contributed by atoms with Gasteiger partial charge in [-0.25, -0.2) is 4.79 Å². The molecule has 0 aliphatic rings. The molecule has 4 unspecified atom stereocenters. The topological polar surface area (TPSA) is 171 Å². The molecule has 0 radical (unpaired) electrons. The molecule has 3 amide bonds. The molecule has 0 spiro atoms. The summed E-state index contributed by atoms with van der Waals surface area (Å²) >= 11 is 7.79. The number of nitrogens with one attached hydrogen (secondary N) is 3. The molecule has 0 aromatic carbocycles. The van der Waals surface area contributed by atoms with Crippen molar-refractivity contribution in [3.8, 4) is 0 Å². The Morgan fingerprint density at radius 1 is 0.889 bits per heavy atom. The summed E-state index contributed by atoms with van der Waals surface area (Å²) in [6.45, 7) is 3.06. The third kappa shape index (κ3) is 9.31. The molecule has 4 atom stereocenters. The number of carboxylic acid groups (broad SMARTS) is 1. The Balaban J connectivity index is 4.88. The van der Waals surface area contributed by atoms with E-state index in [2.05, 4.69) is 41.2 Å². The number of thiol groups is 2. The van der Waals surface area contributed by atoms with Crippen LogP contribution in [0.2, 0.25) is 0 Å². The number of rotatable bonds is 12. The van der Waals surface area contributed by atoms with Gasteiger partial charge in [0.2, 0.25) is 17.7 Å². The quantitative estimate of drug-likeness (QED) is 0.164. The summed E-state index contributed by atoms with van der Waals surface area (Å²) in [5, 5.41) is 25.1. The minimum Gasteiger partial charge on any atom is -0.480 e. The van der Waals surface area contributed by atoms with Crippen molar-refractivity contribution in [1.29, 1.82) is 0 Å². The summed E-state index contributed by atoms with van der Waals surface area (Å²) < 4.78 is 0. The maximum absolute atomic E-state index is 12.2. The van der Waals surface area contributed by atoms with Crippen LogP contribution in [0.4, 0.5) is 0 Å². The zero-order chi connectivity index (χ0) is 21.1. The van der Waals surface area contributed by atoms with Crippen molar-refractivity contribution < 1.29 is 29.4 Å². The summed E-state index contributed by atoms with van der Waals surface area (Å²) in [6.07, 6.45) is 0.396. The lowest BCUT2D eigenvalue weighted by atomic mass is 10.0. The highest BCUT2D eigenvalue weighted by Crippen LogP contribution is 2.03. The molecular weight excluding hydrogens is 396 g/mol. The molecule has 0 rings (SSSR count). The molecule has 156 valence electrons. The lowest BCUT2D eigenvalue weighted by Crippen LogP contribution is -2.58. The molecular formula is C15H28N4O6S2. The van der Waals surface area contributed by atoms with Gasteiger partial charge in [-0.3, -0.25) is 14.4 Å². The third-order valence-corrected chi connectivity index (χ3v) is 4.22. The first-order valence-electron chi connectivity index (χ1n) is 8.29. The number of amides is 3. The van der Waals surface area contributed by atoms with E-state index in [9.17, 15) is 24.3 Å². The van der Waals surface area contributed by atoms with Gasteiger partial charge in [0.1, 0.15) is 18.1 Å².